The lowest BCUT2D eigenvalue weighted by atomic mass is 10.2. The molecule has 2 aromatic heterocycles. The number of ether oxygens (including phenoxy) is 1. The van der Waals surface area contributed by atoms with Crippen molar-refractivity contribution in [3.63, 3.8) is 0 Å². The molecule has 2 heterocycles. The van der Waals surface area contributed by atoms with E-state index in [-0.39, 0.29) is 15.6 Å². The molecule has 6 aromatic rings. The summed E-state index contributed by atoms with van der Waals surface area (Å²) >= 11 is 0. The maximum Gasteiger partial charge on any atom is 0.418 e. The molecule has 22 heteroatoms. The Bertz CT molecular complexity index is 2420. The molecule has 0 unspecified atom stereocenters. The van der Waals surface area contributed by atoms with Crippen molar-refractivity contribution in [3.05, 3.63) is 120 Å². The predicted molar refractivity (Wildman–Crippen MR) is 181 cm³/mol. The van der Waals surface area contributed by atoms with Gasteiger partial charge in [-0.15, -0.1) is 15.3 Å². The Balaban J connectivity index is 0.000000210. The monoisotopic (exact) mass is 795 g/mol. The lowest BCUT2D eigenvalue weighted by Gasteiger charge is -2.15. The summed E-state index contributed by atoms with van der Waals surface area (Å²) in [4.78, 5) is -0.437. The van der Waals surface area contributed by atoms with Crippen LogP contribution in [0.2, 0.25) is 0 Å². The van der Waals surface area contributed by atoms with Gasteiger partial charge in [-0.05, 0) is 59.8 Å². The summed E-state index contributed by atoms with van der Waals surface area (Å²) in [5, 5.41) is 21.0. The van der Waals surface area contributed by atoms with Crippen LogP contribution in [0.15, 0.2) is 113 Å². The van der Waals surface area contributed by atoms with Crippen LogP contribution in [0.1, 0.15) is 16.8 Å². The smallest absolute Gasteiger partial charge is 0.384 e. The van der Waals surface area contributed by atoms with Crippen molar-refractivity contribution in [2.45, 2.75) is 28.6 Å². The summed E-state index contributed by atoms with van der Waals surface area (Å²) < 4.78 is 139. The standard InChI is InChI=1S/C18H17F3N4O3S.C14H10F3N5O2S/c1-28-10-9-13-12-25(24-22-13)14-5-4-6-15(11-14)29(26,27)23-17-8-3-2-7-16(17)18(19,20)21;15-14(16,17)11-6-1-2-7-12(11)20-25(23,24)10-5-3-4-9(8-10)13-18-21-22-19-13/h2-8,11-12,23H,9-10H2,1H3;1-8,20H,(H,18,19,21,22). The maximum absolute atomic E-state index is 13.1. The Kier molecular flexibility index (Phi) is 11.7. The van der Waals surface area contributed by atoms with Gasteiger partial charge < -0.3 is 4.74 Å². The van der Waals surface area contributed by atoms with E-state index in [0.29, 0.717) is 30.0 Å². The molecule has 0 aliphatic carbocycles. The van der Waals surface area contributed by atoms with Crippen LogP contribution in [0.5, 0.6) is 0 Å². The second kappa shape index (κ2) is 16.0. The molecular weight excluding hydrogens is 769 g/mol. The zero-order chi connectivity index (χ0) is 39.1. The molecule has 0 radical (unpaired) electrons. The minimum Gasteiger partial charge on any atom is -0.384 e. The number of rotatable bonds is 11. The minimum absolute atomic E-state index is 0.160. The number of tetrazole rings is 1. The summed E-state index contributed by atoms with van der Waals surface area (Å²) in [7, 11) is -6.95. The van der Waals surface area contributed by atoms with E-state index in [2.05, 4.69) is 30.9 Å². The summed E-state index contributed by atoms with van der Waals surface area (Å²) in [6.45, 7) is 0.454. The first kappa shape index (κ1) is 39.3. The number of methoxy groups -OCH3 is 1. The van der Waals surface area contributed by atoms with Gasteiger partial charge in [0.25, 0.3) is 20.0 Å². The number of aromatic nitrogens is 7. The van der Waals surface area contributed by atoms with Gasteiger partial charge in [-0.1, -0.05) is 47.7 Å². The van der Waals surface area contributed by atoms with Gasteiger partial charge in [-0.3, -0.25) is 9.44 Å². The molecular formula is C32H27F6N9O5S2. The highest BCUT2D eigenvalue weighted by atomic mass is 32.2. The van der Waals surface area contributed by atoms with Gasteiger partial charge in [0, 0.05) is 19.1 Å². The number of para-hydroxylation sites is 2. The Morgan fingerprint density at radius 2 is 1.28 bits per heavy atom. The van der Waals surface area contributed by atoms with Crippen LogP contribution in [-0.2, 0) is 43.6 Å². The SMILES string of the molecule is COCCc1cn(-c2cccc(S(=O)(=O)Nc3ccccc3C(F)(F)F)c2)nn1.O=S(=O)(Nc1ccccc1C(F)(F)F)c1cccc(-c2nn[nH]n2)c1. The van der Waals surface area contributed by atoms with Crippen LogP contribution in [0.3, 0.4) is 0 Å². The first-order chi connectivity index (χ1) is 25.5. The molecule has 4 aromatic carbocycles. The number of alkyl halides is 6. The van der Waals surface area contributed by atoms with Crippen LogP contribution in [-0.4, -0.2) is 66.2 Å². The van der Waals surface area contributed by atoms with Gasteiger partial charge in [0.15, 0.2) is 0 Å². The van der Waals surface area contributed by atoms with E-state index < -0.39 is 54.9 Å². The van der Waals surface area contributed by atoms with E-state index in [0.717, 1.165) is 24.3 Å². The highest BCUT2D eigenvalue weighted by Crippen LogP contribution is 2.37. The first-order valence-electron chi connectivity index (χ1n) is 15.2. The molecule has 284 valence electrons. The van der Waals surface area contributed by atoms with E-state index in [4.69, 9.17) is 4.74 Å². The average molecular weight is 796 g/mol. The van der Waals surface area contributed by atoms with Gasteiger partial charge >= 0.3 is 12.4 Å². The Morgan fingerprint density at radius 3 is 1.81 bits per heavy atom. The third-order valence-corrected chi connectivity index (χ3v) is 9.92. The zero-order valence-electron chi connectivity index (χ0n) is 27.5. The fourth-order valence-electron chi connectivity index (χ4n) is 4.67. The number of halogens is 6. The topological polar surface area (TPSA) is 187 Å². The van der Waals surface area contributed by atoms with E-state index in [1.54, 1.807) is 25.4 Å². The Labute approximate surface area is 303 Å². The number of benzene rings is 4. The molecule has 6 rings (SSSR count). The van der Waals surface area contributed by atoms with Gasteiger partial charge in [0.05, 0.1) is 56.5 Å². The molecule has 0 fully saturated rings. The van der Waals surface area contributed by atoms with Gasteiger partial charge in [0.1, 0.15) is 0 Å². The molecule has 0 aliphatic rings. The molecule has 0 spiro atoms. The molecule has 0 saturated heterocycles. The highest BCUT2D eigenvalue weighted by molar-refractivity contribution is 7.93. The van der Waals surface area contributed by atoms with Crippen molar-refractivity contribution >= 4 is 31.4 Å². The number of aromatic amines is 1. The third-order valence-electron chi connectivity index (χ3n) is 7.20. The number of anilines is 2. The van der Waals surface area contributed by atoms with Crippen LogP contribution >= 0.6 is 0 Å². The fraction of sp³-hybridized carbons (Fsp3) is 0.156. The molecule has 0 aliphatic heterocycles. The number of hydrogen-bond donors (Lipinski definition) is 3. The number of H-pyrrole nitrogens is 1. The molecule has 0 saturated carbocycles. The average Bonchev–Trinajstić information content (AvgIpc) is 3.84. The number of nitrogens with zero attached hydrogens (tertiary/aromatic N) is 6. The zero-order valence-corrected chi connectivity index (χ0v) is 29.2. The highest BCUT2D eigenvalue weighted by Gasteiger charge is 2.35. The second-order valence-corrected chi connectivity index (χ2v) is 14.3. The number of hydrogen-bond acceptors (Lipinski definition) is 10. The van der Waals surface area contributed by atoms with E-state index in [1.165, 1.54) is 65.3 Å². The normalized spacial score (nSPS) is 12.1. The lowest BCUT2D eigenvalue weighted by molar-refractivity contribution is -0.137. The van der Waals surface area contributed by atoms with Crippen LogP contribution in [0.25, 0.3) is 17.1 Å². The Hall–Kier alpha value is -5.87. The molecule has 0 atom stereocenters. The summed E-state index contributed by atoms with van der Waals surface area (Å²) in [6.07, 6.45) is -7.23. The molecule has 54 heavy (non-hydrogen) atoms. The quantitative estimate of drug-likeness (QED) is 0.132. The number of nitrogens with one attached hydrogen (secondary N) is 3. The lowest BCUT2D eigenvalue weighted by Crippen LogP contribution is -2.17. The Morgan fingerprint density at radius 1 is 0.722 bits per heavy atom. The minimum atomic E-state index is -4.69. The van der Waals surface area contributed by atoms with Gasteiger partial charge in [-0.2, -0.15) is 31.6 Å². The fourth-order valence-corrected chi connectivity index (χ4v) is 6.92. The van der Waals surface area contributed by atoms with Crippen molar-refractivity contribution in [1.82, 2.24) is 35.6 Å². The summed E-state index contributed by atoms with van der Waals surface area (Å²) in [5.74, 6) is 0.160. The van der Waals surface area contributed by atoms with E-state index in [9.17, 15) is 43.2 Å². The predicted octanol–water partition coefficient (Wildman–Crippen LogP) is 5.96. The van der Waals surface area contributed by atoms with Crippen LogP contribution < -0.4 is 9.44 Å². The van der Waals surface area contributed by atoms with Crippen LogP contribution in [0.4, 0.5) is 37.7 Å². The van der Waals surface area contributed by atoms with Crippen molar-refractivity contribution in [2.75, 3.05) is 23.2 Å². The van der Waals surface area contributed by atoms with Crippen molar-refractivity contribution in [3.8, 4) is 17.1 Å². The summed E-state index contributed by atoms with van der Waals surface area (Å²) in [6, 6.07) is 19.8. The largest absolute Gasteiger partial charge is 0.418 e. The third kappa shape index (κ3) is 9.76. The van der Waals surface area contributed by atoms with Crippen molar-refractivity contribution < 1.29 is 47.9 Å². The number of sulfonamides is 2. The maximum atomic E-state index is 13.1. The van der Waals surface area contributed by atoms with E-state index >= 15 is 0 Å². The van der Waals surface area contributed by atoms with E-state index in [1.807, 2.05) is 9.44 Å². The summed E-state index contributed by atoms with van der Waals surface area (Å²) in [5.41, 5.74) is -1.86. The second-order valence-electron chi connectivity index (χ2n) is 11.0. The van der Waals surface area contributed by atoms with Gasteiger partial charge in [-0.25, -0.2) is 21.5 Å². The molecule has 3 N–H and O–H groups in total. The van der Waals surface area contributed by atoms with Crippen LogP contribution in [0, 0.1) is 0 Å². The molecule has 0 bridgehead atoms. The van der Waals surface area contributed by atoms with Crippen molar-refractivity contribution in [2.24, 2.45) is 0 Å². The molecule has 0 amide bonds. The van der Waals surface area contributed by atoms with Gasteiger partial charge in [0.2, 0.25) is 5.82 Å². The van der Waals surface area contributed by atoms with Crippen molar-refractivity contribution in [1.29, 1.82) is 0 Å². The first-order valence-corrected chi connectivity index (χ1v) is 18.2. The molecule has 14 nitrogen and oxygen atoms in total.